The first-order chi connectivity index (χ1) is 9.17. The van der Waals surface area contributed by atoms with E-state index < -0.39 is 0 Å². The molecular weight excluding hydrogens is 260 g/mol. The molecule has 0 saturated carbocycles. The van der Waals surface area contributed by atoms with Gasteiger partial charge in [-0.2, -0.15) is 0 Å². The van der Waals surface area contributed by atoms with E-state index in [4.69, 9.17) is 17.3 Å². The minimum atomic E-state index is 0.0218. The van der Waals surface area contributed by atoms with Crippen molar-refractivity contribution in [1.82, 2.24) is 0 Å². The van der Waals surface area contributed by atoms with E-state index in [9.17, 15) is 4.79 Å². The van der Waals surface area contributed by atoms with Crippen molar-refractivity contribution in [2.45, 2.75) is 32.6 Å². The van der Waals surface area contributed by atoms with Gasteiger partial charge in [0.2, 0.25) is 5.91 Å². The van der Waals surface area contributed by atoms with E-state index in [1.165, 1.54) is 0 Å². The highest BCUT2D eigenvalue weighted by Gasteiger charge is 2.04. The molecule has 0 aliphatic heterocycles. The Bertz CT molecular complexity index is 489. The Labute approximate surface area is 119 Å². The third kappa shape index (κ3) is 5.78. The van der Waals surface area contributed by atoms with Gasteiger partial charge in [-0.3, -0.25) is 4.79 Å². The van der Waals surface area contributed by atoms with Crippen LogP contribution in [0.25, 0.3) is 0 Å². The van der Waals surface area contributed by atoms with E-state index in [1.807, 2.05) is 0 Å². The van der Waals surface area contributed by atoms with Crippen LogP contribution in [-0.2, 0) is 4.79 Å². The maximum absolute atomic E-state index is 11.7. The van der Waals surface area contributed by atoms with E-state index in [0.29, 0.717) is 22.7 Å². The molecular formula is C15H19ClN2O. The zero-order valence-electron chi connectivity index (χ0n) is 11.1. The van der Waals surface area contributed by atoms with Crippen LogP contribution in [0.15, 0.2) is 18.2 Å². The molecule has 0 aromatic heterocycles. The molecule has 0 heterocycles. The monoisotopic (exact) mass is 278 g/mol. The molecule has 0 unspecified atom stereocenters. The summed E-state index contributed by atoms with van der Waals surface area (Å²) in [7, 11) is 0. The van der Waals surface area contributed by atoms with Crippen LogP contribution in [0.2, 0.25) is 5.02 Å². The summed E-state index contributed by atoms with van der Waals surface area (Å²) < 4.78 is 0. The summed E-state index contributed by atoms with van der Waals surface area (Å²) in [5, 5.41) is 3.41. The first-order valence-corrected chi connectivity index (χ1v) is 6.83. The van der Waals surface area contributed by atoms with Gasteiger partial charge in [-0.1, -0.05) is 43.2 Å². The molecule has 0 radical (unpaired) electrons. The van der Waals surface area contributed by atoms with Crippen LogP contribution in [0, 0.1) is 11.8 Å². The van der Waals surface area contributed by atoms with Gasteiger partial charge >= 0.3 is 0 Å². The van der Waals surface area contributed by atoms with Gasteiger partial charge in [-0.05, 0) is 24.6 Å². The van der Waals surface area contributed by atoms with Gasteiger partial charge in [0.1, 0.15) is 0 Å². The predicted octanol–water partition coefficient (Wildman–Crippen LogP) is 3.17. The lowest BCUT2D eigenvalue weighted by Crippen LogP contribution is -2.11. The van der Waals surface area contributed by atoms with Crippen molar-refractivity contribution in [3.63, 3.8) is 0 Å². The number of rotatable bonds is 5. The average Bonchev–Trinajstić information content (AvgIpc) is 2.39. The Kier molecular flexibility index (Phi) is 7.02. The minimum Gasteiger partial charge on any atom is -0.326 e. The van der Waals surface area contributed by atoms with Crippen LogP contribution >= 0.6 is 11.6 Å². The van der Waals surface area contributed by atoms with Crippen LogP contribution < -0.4 is 11.1 Å². The number of nitrogens with one attached hydrogen (secondary N) is 1. The van der Waals surface area contributed by atoms with Gasteiger partial charge < -0.3 is 11.1 Å². The summed E-state index contributed by atoms with van der Waals surface area (Å²) in [5.74, 6) is 5.65. The number of nitrogens with two attached hydrogens (primary N) is 1. The van der Waals surface area contributed by atoms with Crippen LogP contribution in [0.4, 0.5) is 5.69 Å². The van der Waals surface area contributed by atoms with E-state index in [0.717, 1.165) is 19.3 Å². The molecule has 0 aliphatic carbocycles. The molecule has 0 spiro atoms. The number of hydrogen-bond donors (Lipinski definition) is 2. The Morgan fingerprint density at radius 1 is 1.42 bits per heavy atom. The standard InChI is InChI=1S/C15H19ClN2O/c1-2-3-4-7-15(19)18-13-8-9-14(16)12(11-13)6-5-10-17/h8-9,11H,2-4,7,10,17H2,1H3,(H,18,19). The third-order valence-corrected chi connectivity index (χ3v) is 2.91. The lowest BCUT2D eigenvalue weighted by molar-refractivity contribution is -0.116. The molecule has 102 valence electrons. The summed E-state index contributed by atoms with van der Waals surface area (Å²) in [6.45, 7) is 2.39. The van der Waals surface area contributed by atoms with Gasteiger partial charge in [0, 0.05) is 17.7 Å². The zero-order valence-corrected chi connectivity index (χ0v) is 11.9. The van der Waals surface area contributed by atoms with Gasteiger partial charge in [0.25, 0.3) is 0 Å². The van der Waals surface area contributed by atoms with E-state index >= 15 is 0 Å². The Balaban J connectivity index is 2.66. The molecule has 1 aromatic rings. The second kappa shape index (κ2) is 8.58. The predicted molar refractivity (Wildman–Crippen MR) is 80.2 cm³/mol. The molecule has 19 heavy (non-hydrogen) atoms. The van der Waals surface area contributed by atoms with Crippen LogP contribution in [0.1, 0.15) is 38.2 Å². The largest absolute Gasteiger partial charge is 0.326 e. The average molecular weight is 279 g/mol. The number of carbonyl (C=O) groups excluding carboxylic acids is 1. The number of unbranched alkanes of at least 4 members (excludes halogenated alkanes) is 2. The molecule has 0 bridgehead atoms. The van der Waals surface area contributed by atoms with Crippen molar-refractivity contribution >= 4 is 23.2 Å². The van der Waals surface area contributed by atoms with Gasteiger partial charge in [-0.15, -0.1) is 0 Å². The highest BCUT2D eigenvalue weighted by Crippen LogP contribution is 2.20. The first-order valence-electron chi connectivity index (χ1n) is 6.45. The van der Waals surface area contributed by atoms with Gasteiger partial charge in [0.05, 0.1) is 11.6 Å². The van der Waals surface area contributed by atoms with E-state index in [1.54, 1.807) is 18.2 Å². The molecule has 4 heteroatoms. The Morgan fingerprint density at radius 3 is 2.89 bits per heavy atom. The molecule has 1 aromatic carbocycles. The number of halogens is 1. The maximum Gasteiger partial charge on any atom is 0.224 e. The summed E-state index contributed by atoms with van der Waals surface area (Å²) in [6.07, 6.45) is 3.63. The first kappa shape index (κ1) is 15.6. The van der Waals surface area contributed by atoms with Gasteiger partial charge in [0.15, 0.2) is 0 Å². The summed E-state index contributed by atoms with van der Waals surface area (Å²) in [4.78, 5) is 11.7. The fourth-order valence-corrected chi connectivity index (χ4v) is 1.77. The van der Waals surface area contributed by atoms with E-state index in [2.05, 4.69) is 24.1 Å². The highest BCUT2D eigenvalue weighted by molar-refractivity contribution is 6.31. The number of hydrogen-bond acceptors (Lipinski definition) is 2. The lowest BCUT2D eigenvalue weighted by Gasteiger charge is -2.06. The molecule has 1 rings (SSSR count). The maximum atomic E-state index is 11.7. The van der Waals surface area contributed by atoms with Crippen molar-refractivity contribution in [2.75, 3.05) is 11.9 Å². The smallest absolute Gasteiger partial charge is 0.224 e. The molecule has 0 aliphatic rings. The molecule has 0 atom stereocenters. The normalized spacial score (nSPS) is 9.63. The van der Waals surface area contributed by atoms with E-state index in [-0.39, 0.29) is 12.5 Å². The SMILES string of the molecule is CCCCCC(=O)Nc1ccc(Cl)c(C#CCN)c1. The van der Waals surface area contributed by atoms with Gasteiger partial charge in [-0.25, -0.2) is 0 Å². The van der Waals surface area contributed by atoms with Crippen molar-refractivity contribution in [3.05, 3.63) is 28.8 Å². The molecule has 0 saturated heterocycles. The highest BCUT2D eigenvalue weighted by atomic mass is 35.5. The molecule has 3 N–H and O–H groups in total. The van der Waals surface area contributed by atoms with Crippen molar-refractivity contribution in [3.8, 4) is 11.8 Å². The number of anilines is 1. The summed E-state index contributed by atoms with van der Waals surface area (Å²) in [6, 6.07) is 5.26. The topological polar surface area (TPSA) is 55.1 Å². The third-order valence-electron chi connectivity index (χ3n) is 2.58. The number of carbonyl (C=O) groups is 1. The van der Waals surface area contributed by atoms with Crippen LogP contribution in [-0.4, -0.2) is 12.5 Å². The Morgan fingerprint density at radius 2 is 2.21 bits per heavy atom. The van der Waals surface area contributed by atoms with Crippen molar-refractivity contribution in [2.24, 2.45) is 5.73 Å². The second-order valence-electron chi connectivity index (χ2n) is 4.21. The lowest BCUT2D eigenvalue weighted by atomic mass is 10.1. The second-order valence-corrected chi connectivity index (χ2v) is 4.61. The molecule has 1 amide bonds. The van der Waals surface area contributed by atoms with Crippen molar-refractivity contribution < 1.29 is 4.79 Å². The molecule has 3 nitrogen and oxygen atoms in total. The fraction of sp³-hybridized carbons (Fsp3) is 0.400. The minimum absolute atomic E-state index is 0.0218. The number of amides is 1. The summed E-state index contributed by atoms with van der Waals surface area (Å²) >= 11 is 6.01. The quantitative estimate of drug-likeness (QED) is 0.642. The Hall–Kier alpha value is -1.50. The zero-order chi connectivity index (χ0) is 14.1. The number of benzene rings is 1. The summed E-state index contributed by atoms with van der Waals surface area (Å²) in [5.41, 5.74) is 6.72. The fourth-order valence-electron chi connectivity index (χ4n) is 1.60. The van der Waals surface area contributed by atoms with Crippen LogP contribution in [0.3, 0.4) is 0 Å². The van der Waals surface area contributed by atoms with Crippen molar-refractivity contribution in [1.29, 1.82) is 0 Å². The molecule has 0 fully saturated rings. The van der Waals surface area contributed by atoms with Crippen LogP contribution in [0.5, 0.6) is 0 Å².